The first-order valence-corrected chi connectivity index (χ1v) is 9.63. The number of hydrogen-bond acceptors (Lipinski definition) is 6. The zero-order valence-corrected chi connectivity index (χ0v) is 17.5. The summed E-state index contributed by atoms with van der Waals surface area (Å²) in [5, 5.41) is 7.12. The number of aryl methyl sites for hydroxylation is 1. The molecule has 0 saturated carbocycles. The average Bonchev–Trinajstić information content (AvgIpc) is 3.06. The Morgan fingerprint density at radius 3 is 2.32 bits per heavy atom. The van der Waals surface area contributed by atoms with Crippen molar-refractivity contribution in [1.82, 2.24) is 9.78 Å². The van der Waals surface area contributed by atoms with Gasteiger partial charge in [0.25, 0.3) is 5.91 Å². The van der Waals surface area contributed by atoms with Gasteiger partial charge in [-0.15, -0.1) is 0 Å². The molecule has 0 radical (unpaired) electrons. The second kappa shape index (κ2) is 9.71. The van der Waals surface area contributed by atoms with Gasteiger partial charge in [0.15, 0.2) is 6.61 Å². The molecule has 3 rings (SSSR count). The number of rotatable bonds is 7. The summed E-state index contributed by atoms with van der Waals surface area (Å²) in [6, 6.07) is 15.8. The Balaban J connectivity index is 1.55. The van der Waals surface area contributed by atoms with Crippen molar-refractivity contribution in [2.75, 3.05) is 19.0 Å². The van der Waals surface area contributed by atoms with Crippen LogP contribution < -0.4 is 5.32 Å². The molecule has 8 nitrogen and oxygen atoms in total. The van der Waals surface area contributed by atoms with Gasteiger partial charge >= 0.3 is 11.9 Å². The second-order valence-electron chi connectivity index (χ2n) is 6.85. The van der Waals surface area contributed by atoms with Crippen LogP contribution in [-0.2, 0) is 25.5 Å². The third kappa shape index (κ3) is 5.36. The fourth-order valence-electron chi connectivity index (χ4n) is 3.10. The molecule has 1 heterocycles. The topological polar surface area (TPSA) is 99.5 Å². The smallest absolute Gasteiger partial charge is 0.337 e. The van der Waals surface area contributed by atoms with E-state index >= 15 is 0 Å². The number of aromatic nitrogens is 2. The molecule has 0 bridgehead atoms. The van der Waals surface area contributed by atoms with Crippen LogP contribution in [0.2, 0.25) is 0 Å². The number of nitrogens with one attached hydrogen (secondary N) is 1. The number of hydrogen-bond donors (Lipinski definition) is 1. The number of carbonyl (C=O) groups is 3. The summed E-state index contributed by atoms with van der Waals surface area (Å²) >= 11 is 0. The summed E-state index contributed by atoms with van der Waals surface area (Å²) in [5.41, 5.74) is 4.09. The first kappa shape index (κ1) is 21.8. The summed E-state index contributed by atoms with van der Waals surface area (Å²) in [5.74, 6) is -1.46. The van der Waals surface area contributed by atoms with E-state index in [9.17, 15) is 14.4 Å². The van der Waals surface area contributed by atoms with E-state index in [1.165, 1.54) is 19.2 Å². The molecule has 0 aliphatic rings. The largest absolute Gasteiger partial charge is 0.465 e. The molecule has 0 spiro atoms. The van der Waals surface area contributed by atoms with Gasteiger partial charge in [0.2, 0.25) is 0 Å². The Kier molecular flexibility index (Phi) is 6.81. The third-order valence-corrected chi connectivity index (χ3v) is 4.72. The summed E-state index contributed by atoms with van der Waals surface area (Å²) < 4.78 is 11.5. The van der Waals surface area contributed by atoms with Gasteiger partial charge in [-0.2, -0.15) is 5.10 Å². The number of carbonyl (C=O) groups excluding carboxylic acids is 3. The van der Waals surface area contributed by atoms with Gasteiger partial charge in [0.05, 0.1) is 30.5 Å². The molecule has 0 atom stereocenters. The normalized spacial score (nSPS) is 10.4. The molecule has 160 valence electrons. The Labute approximate surface area is 179 Å². The molecule has 0 fully saturated rings. The van der Waals surface area contributed by atoms with Gasteiger partial charge in [0.1, 0.15) is 0 Å². The minimum Gasteiger partial charge on any atom is -0.465 e. The summed E-state index contributed by atoms with van der Waals surface area (Å²) in [7, 11) is 1.29. The molecule has 2 aromatic carbocycles. The van der Waals surface area contributed by atoms with E-state index in [1.807, 2.05) is 44.2 Å². The number of methoxy groups -OCH3 is 1. The van der Waals surface area contributed by atoms with Crippen LogP contribution >= 0.6 is 0 Å². The minimum absolute atomic E-state index is 0.0195. The zero-order valence-electron chi connectivity index (χ0n) is 17.5. The predicted molar refractivity (Wildman–Crippen MR) is 114 cm³/mol. The monoisotopic (exact) mass is 421 g/mol. The van der Waals surface area contributed by atoms with Crippen LogP contribution in [0.3, 0.4) is 0 Å². The number of ether oxygens (including phenoxy) is 2. The number of esters is 2. The SMILES string of the molecule is COC(=O)c1ccc(NC(=O)COC(=O)Cc2c(C)nn(-c3ccccc3)c2C)cc1. The molecular formula is C23H23N3O5. The molecule has 0 saturated heterocycles. The molecule has 1 aromatic heterocycles. The summed E-state index contributed by atoms with van der Waals surface area (Å²) in [6.07, 6.45) is 0.0195. The Hall–Kier alpha value is -3.94. The number of anilines is 1. The van der Waals surface area contributed by atoms with Crippen LogP contribution in [0.5, 0.6) is 0 Å². The fourth-order valence-corrected chi connectivity index (χ4v) is 3.10. The highest BCUT2D eigenvalue weighted by molar-refractivity contribution is 5.94. The van der Waals surface area contributed by atoms with Crippen molar-refractivity contribution in [1.29, 1.82) is 0 Å². The molecule has 8 heteroatoms. The Morgan fingerprint density at radius 1 is 1.00 bits per heavy atom. The van der Waals surface area contributed by atoms with Crippen LogP contribution in [0, 0.1) is 13.8 Å². The van der Waals surface area contributed by atoms with Crippen molar-refractivity contribution in [2.24, 2.45) is 0 Å². The standard InChI is InChI=1S/C23H23N3O5/c1-15-20(16(2)26(25-15)19-7-5-4-6-8-19)13-22(28)31-14-21(27)24-18-11-9-17(10-12-18)23(29)30-3/h4-12H,13-14H2,1-3H3,(H,24,27). The third-order valence-electron chi connectivity index (χ3n) is 4.72. The van der Waals surface area contributed by atoms with Crippen molar-refractivity contribution >= 4 is 23.5 Å². The summed E-state index contributed by atoms with van der Waals surface area (Å²) in [6.45, 7) is 3.31. The highest BCUT2D eigenvalue weighted by Gasteiger charge is 2.17. The van der Waals surface area contributed by atoms with Crippen molar-refractivity contribution in [3.8, 4) is 5.69 Å². The van der Waals surface area contributed by atoms with E-state index in [4.69, 9.17) is 4.74 Å². The highest BCUT2D eigenvalue weighted by Crippen LogP contribution is 2.18. The maximum atomic E-state index is 12.3. The molecular weight excluding hydrogens is 398 g/mol. The quantitative estimate of drug-likeness (QED) is 0.589. The Bertz CT molecular complexity index is 1090. The molecule has 1 amide bonds. The van der Waals surface area contributed by atoms with Crippen LogP contribution in [0.1, 0.15) is 27.3 Å². The van der Waals surface area contributed by atoms with Crippen LogP contribution in [0.4, 0.5) is 5.69 Å². The maximum Gasteiger partial charge on any atom is 0.337 e. The van der Waals surface area contributed by atoms with E-state index in [2.05, 4.69) is 15.2 Å². The van der Waals surface area contributed by atoms with Crippen LogP contribution in [0.15, 0.2) is 54.6 Å². The number of nitrogens with zero attached hydrogens (tertiary/aromatic N) is 2. The van der Waals surface area contributed by atoms with Crippen molar-refractivity contribution in [3.05, 3.63) is 77.1 Å². The molecule has 0 unspecified atom stereocenters. The van der Waals surface area contributed by atoms with Crippen molar-refractivity contribution < 1.29 is 23.9 Å². The minimum atomic E-state index is -0.519. The van der Waals surface area contributed by atoms with Crippen molar-refractivity contribution in [3.63, 3.8) is 0 Å². The van der Waals surface area contributed by atoms with E-state index in [-0.39, 0.29) is 6.42 Å². The first-order chi connectivity index (χ1) is 14.9. The van der Waals surface area contributed by atoms with E-state index in [0.717, 1.165) is 22.6 Å². The molecule has 0 aliphatic heterocycles. The van der Waals surface area contributed by atoms with Gasteiger partial charge in [0, 0.05) is 16.9 Å². The lowest BCUT2D eigenvalue weighted by molar-refractivity contribution is -0.146. The molecule has 1 N–H and O–H groups in total. The van der Waals surface area contributed by atoms with Crippen LogP contribution in [-0.4, -0.2) is 41.3 Å². The second-order valence-corrected chi connectivity index (χ2v) is 6.85. The van der Waals surface area contributed by atoms with Crippen molar-refractivity contribution in [2.45, 2.75) is 20.3 Å². The lowest BCUT2D eigenvalue weighted by atomic mass is 10.1. The van der Waals surface area contributed by atoms with Gasteiger partial charge in [-0.1, -0.05) is 18.2 Å². The lowest BCUT2D eigenvalue weighted by Crippen LogP contribution is -2.22. The van der Waals surface area contributed by atoms with Gasteiger partial charge in [-0.05, 0) is 50.2 Å². The predicted octanol–water partition coefficient (Wildman–Crippen LogP) is 3.00. The average molecular weight is 421 g/mol. The van der Waals surface area contributed by atoms with Crippen LogP contribution in [0.25, 0.3) is 5.69 Å². The molecule has 31 heavy (non-hydrogen) atoms. The number of amides is 1. The highest BCUT2D eigenvalue weighted by atomic mass is 16.5. The first-order valence-electron chi connectivity index (χ1n) is 9.63. The Morgan fingerprint density at radius 2 is 1.68 bits per heavy atom. The van der Waals surface area contributed by atoms with E-state index in [0.29, 0.717) is 11.3 Å². The van der Waals surface area contributed by atoms with Gasteiger partial charge < -0.3 is 14.8 Å². The number of benzene rings is 2. The van der Waals surface area contributed by atoms with Gasteiger partial charge in [-0.25, -0.2) is 9.48 Å². The summed E-state index contributed by atoms with van der Waals surface area (Å²) in [4.78, 5) is 35.8. The van der Waals surface area contributed by atoms with Gasteiger partial charge in [-0.3, -0.25) is 9.59 Å². The maximum absolute atomic E-state index is 12.3. The molecule has 3 aromatic rings. The lowest BCUT2D eigenvalue weighted by Gasteiger charge is -2.08. The fraction of sp³-hybridized carbons (Fsp3) is 0.217. The molecule has 0 aliphatic carbocycles. The van der Waals surface area contributed by atoms with E-state index in [1.54, 1.807) is 16.8 Å². The van der Waals surface area contributed by atoms with E-state index < -0.39 is 24.5 Å². The zero-order chi connectivity index (χ0) is 22.4. The number of para-hydroxylation sites is 1.